The lowest BCUT2D eigenvalue weighted by Gasteiger charge is -2.45. The van der Waals surface area contributed by atoms with Crippen LogP contribution in [0.1, 0.15) is 48.9 Å². The maximum Gasteiger partial charge on any atom is 0.255 e. The first-order chi connectivity index (χ1) is 12.1. The Hall–Kier alpha value is -1.46. The molecule has 0 spiro atoms. The molecule has 4 fully saturated rings. The van der Waals surface area contributed by atoms with E-state index in [1.54, 1.807) is 12.1 Å². The zero-order chi connectivity index (χ0) is 17.4. The molecule has 5 rings (SSSR count). The number of amides is 1. The molecule has 1 unspecified atom stereocenters. The van der Waals surface area contributed by atoms with E-state index in [1.165, 1.54) is 25.7 Å². The Bertz CT molecular complexity index is 652. The molecule has 5 nitrogen and oxygen atoms in total. The van der Waals surface area contributed by atoms with Gasteiger partial charge < -0.3 is 20.7 Å². The monoisotopic (exact) mass is 363 g/mol. The number of fused-ring (bicyclic) bond motifs is 3. The molecule has 3 saturated heterocycles. The van der Waals surface area contributed by atoms with Gasteiger partial charge in [0.1, 0.15) is 5.75 Å². The Morgan fingerprint density at radius 1 is 1.20 bits per heavy atom. The van der Waals surface area contributed by atoms with Crippen molar-refractivity contribution in [3.63, 3.8) is 0 Å². The van der Waals surface area contributed by atoms with Gasteiger partial charge in [-0.2, -0.15) is 0 Å². The van der Waals surface area contributed by atoms with Gasteiger partial charge in [0.15, 0.2) is 0 Å². The van der Waals surface area contributed by atoms with Gasteiger partial charge in [0.25, 0.3) is 5.91 Å². The Morgan fingerprint density at radius 2 is 1.92 bits per heavy atom. The minimum atomic E-state index is -0.103. The maximum absolute atomic E-state index is 12.9. The summed E-state index contributed by atoms with van der Waals surface area (Å²) in [5.74, 6) is 1.04. The predicted molar refractivity (Wildman–Crippen MR) is 99.2 cm³/mol. The number of hydrogen-bond acceptors (Lipinski definition) is 4. The van der Waals surface area contributed by atoms with Crippen LogP contribution in [-0.4, -0.2) is 42.6 Å². The molecule has 136 valence electrons. The Morgan fingerprint density at radius 3 is 2.56 bits per heavy atom. The van der Waals surface area contributed by atoms with Crippen molar-refractivity contribution >= 4 is 23.2 Å². The molecule has 3 heterocycles. The fourth-order valence-corrected chi connectivity index (χ4v) is 4.57. The number of nitrogens with one attached hydrogen (secondary N) is 1. The van der Waals surface area contributed by atoms with Gasteiger partial charge in [-0.1, -0.05) is 11.6 Å². The van der Waals surface area contributed by atoms with E-state index < -0.39 is 0 Å². The van der Waals surface area contributed by atoms with Crippen molar-refractivity contribution in [3.05, 3.63) is 22.7 Å². The summed E-state index contributed by atoms with van der Waals surface area (Å²) in [4.78, 5) is 15.4. The number of carbonyl (C=O) groups excluding carboxylic acids is 1. The summed E-state index contributed by atoms with van der Waals surface area (Å²) in [6.45, 7) is 3.25. The van der Waals surface area contributed by atoms with Gasteiger partial charge in [0.05, 0.1) is 22.4 Å². The Balaban J connectivity index is 1.53. The Kier molecular flexibility index (Phi) is 4.78. The normalized spacial score (nSPS) is 28.9. The summed E-state index contributed by atoms with van der Waals surface area (Å²) in [6.07, 6.45) is 6.91. The highest BCUT2D eigenvalue weighted by atomic mass is 35.5. The van der Waals surface area contributed by atoms with Crippen molar-refractivity contribution in [3.8, 4) is 5.75 Å². The molecule has 25 heavy (non-hydrogen) atoms. The van der Waals surface area contributed by atoms with Crippen LogP contribution in [-0.2, 0) is 0 Å². The molecule has 1 atom stereocenters. The number of nitrogens with zero attached hydrogens (tertiary/aromatic N) is 1. The quantitative estimate of drug-likeness (QED) is 0.807. The van der Waals surface area contributed by atoms with Crippen molar-refractivity contribution in [2.75, 3.05) is 25.4 Å². The fourth-order valence-electron chi connectivity index (χ4n) is 4.40. The van der Waals surface area contributed by atoms with Gasteiger partial charge in [0, 0.05) is 18.7 Å². The fraction of sp³-hybridized carbons (Fsp3) is 0.632. The number of rotatable bonds is 4. The van der Waals surface area contributed by atoms with E-state index in [-0.39, 0.29) is 18.1 Å². The summed E-state index contributed by atoms with van der Waals surface area (Å²) >= 11 is 6.18. The third kappa shape index (κ3) is 3.58. The van der Waals surface area contributed by atoms with Crippen LogP contribution in [0.2, 0.25) is 5.02 Å². The number of piperidine rings is 3. The topological polar surface area (TPSA) is 67.6 Å². The highest BCUT2D eigenvalue weighted by Crippen LogP contribution is 2.33. The van der Waals surface area contributed by atoms with Crippen LogP contribution < -0.4 is 15.8 Å². The van der Waals surface area contributed by atoms with Gasteiger partial charge in [-0.25, -0.2) is 0 Å². The van der Waals surface area contributed by atoms with E-state index in [0.29, 0.717) is 27.9 Å². The van der Waals surface area contributed by atoms with Crippen LogP contribution in [0.5, 0.6) is 5.75 Å². The van der Waals surface area contributed by atoms with Gasteiger partial charge in [0.2, 0.25) is 0 Å². The minimum absolute atomic E-state index is 0.103. The summed E-state index contributed by atoms with van der Waals surface area (Å²) in [6, 6.07) is 3.56. The van der Waals surface area contributed by atoms with E-state index in [0.717, 1.165) is 32.5 Å². The summed E-state index contributed by atoms with van der Waals surface area (Å²) in [7, 11) is 0. The molecule has 6 heteroatoms. The second-order valence-electron chi connectivity index (χ2n) is 7.61. The molecule has 1 amide bonds. The molecule has 0 radical (unpaired) electrons. The molecule has 1 aromatic rings. The number of hydrogen-bond donors (Lipinski definition) is 2. The molecular weight excluding hydrogens is 338 g/mol. The molecule has 1 aromatic carbocycles. The highest BCUT2D eigenvalue weighted by molar-refractivity contribution is 6.33. The van der Waals surface area contributed by atoms with Crippen LogP contribution in [0.3, 0.4) is 0 Å². The van der Waals surface area contributed by atoms with E-state index in [1.807, 2.05) is 0 Å². The van der Waals surface area contributed by atoms with Gasteiger partial charge in [-0.05, 0) is 63.6 Å². The summed E-state index contributed by atoms with van der Waals surface area (Å²) < 4.78 is 6.10. The predicted octanol–water partition coefficient (Wildman–Crippen LogP) is 3.07. The van der Waals surface area contributed by atoms with Crippen molar-refractivity contribution in [1.82, 2.24) is 10.2 Å². The lowest BCUT2D eigenvalue weighted by molar-refractivity contribution is 0.0617. The first-order valence-electron chi connectivity index (χ1n) is 9.39. The van der Waals surface area contributed by atoms with E-state index >= 15 is 0 Å². The largest absolute Gasteiger partial charge is 0.490 e. The minimum Gasteiger partial charge on any atom is -0.490 e. The SMILES string of the molecule is Nc1cc(OC2CCCC2)c(C(=O)NC2CN3CCC2CC3)cc1Cl. The molecular formula is C19H26ClN3O2. The number of halogens is 1. The molecule has 1 saturated carbocycles. The van der Waals surface area contributed by atoms with Crippen LogP contribution in [0.4, 0.5) is 5.69 Å². The zero-order valence-electron chi connectivity index (χ0n) is 14.5. The molecule has 2 bridgehead atoms. The molecule has 4 aliphatic rings. The second kappa shape index (κ2) is 7.04. The van der Waals surface area contributed by atoms with Crippen LogP contribution >= 0.6 is 11.6 Å². The van der Waals surface area contributed by atoms with Crippen molar-refractivity contribution in [2.45, 2.75) is 50.7 Å². The number of anilines is 1. The van der Waals surface area contributed by atoms with E-state index in [9.17, 15) is 4.79 Å². The summed E-state index contributed by atoms with van der Waals surface area (Å²) in [5.41, 5.74) is 6.90. The smallest absolute Gasteiger partial charge is 0.255 e. The average molecular weight is 364 g/mol. The first-order valence-corrected chi connectivity index (χ1v) is 9.77. The lowest BCUT2D eigenvalue weighted by Crippen LogP contribution is -2.57. The number of nitrogen functional groups attached to an aromatic ring is 1. The maximum atomic E-state index is 12.9. The van der Waals surface area contributed by atoms with Crippen LogP contribution in [0, 0.1) is 5.92 Å². The van der Waals surface area contributed by atoms with Gasteiger partial charge >= 0.3 is 0 Å². The third-order valence-corrected chi connectivity index (χ3v) is 6.24. The van der Waals surface area contributed by atoms with Crippen LogP contribution in [0.25, 0.3) is 0 Å². The molecule has 0 aromatic heterocycles. The zero-order valence-corrected chi connectivity index (χ0v) is 15.2. The van der Waals surface area contributed by atoms with Crippen molar-refractivity contribution in [2.24, 2.45) is 5.92 Å². The second-order valence-corrected chi connectivity index (χ2v) is 8.02. The number of carbonyl (C=O) groups is 1. The van der Waals surface area contributed by atoms with Crippen molar-refractivity contribution < 1.29 is 9.53 Å². The highest BCUT2D eigenvalue weighted by Gasteiger charge is 2.35. The third-order valence-electron chi connectivity index (χ3n) is 5.91. The van der Waals surface area contributed by atoms with Gasteiger partial charge in [-0.3, -0.25) is 4.79 Å². The van der Waals surface area contributed by atoms with E-state index in [2.05, 4.69) is 10.2 Å². The lowest BCUT2D eigenvalue weighted by atomic mass is 9.84. The Labute approximate surface area is 153 Å². The first kappa shape index (κ1) is 17.0. The van der Waals surface area contributed by atoms with Crippen molar-refractivity contribution in [1.29, 1.82) is 0 Å². The molecule has 3 aliphatic heterocycles. The number of ether oxygens (including phenoxy) is 1. The average Bonchev–Trinajstić information content (AvgIpc) is 3.12. The number of nitrogens with two attached hydrogens (primary N) is 1. The molecule has 3 N–H and O–H groups in total. The van der Waals surface area contributed by atoms with E-state index in [4.69, 9.17) is 22.1 Å². The standard InChI is InChI=1S/C19H26ClN3O2/c20-15-9-14(18(10-16(15)21)25-13-3-1-2-4-13)19(24)22-17-11-23-7-5-12(17)6-8-23/h9-10,12-13,17H,1-8,11,21H2,(H,22,24). The summed E-state index contributed by atoms with van der Waals surface area (Å²) in [5, 5.41) is 3.62. The van der Waals surface area contributed by atoms with Gasteiger partial charge in [-0.15, -0.1) is 0 Å². The van der Waals surface area contributed by atoms with Crippen LogP contribution in [0.15, 0.2) is 12.1 Å². The number of benzene rings is 1. The molecule has 1 aliphatic carbocycles.